The summed E-state index contributed by atoms with van der Waals surface area (Å²) < 4.78 is 12.6. The van der Waals surface area contributed by atoms with Gasteiger partial charge < -0.3 is 19.4 Å². The monoisotopic (exact) mass is 350 g/mol. The second kappa shape index (κ2) is 8.25. The molecule has 3 aromatic rings. The summed E-state index contributed by atoms with van der Waals surface area (Å²) in [5, 5.41) is 2.94. The number of hydrogen-bond acceptors (Lipinski definition) is 3. The molecule has 1 aromatic heterocycles. The van der Waals surface area contributed by atoms with Crippen LogP contribution in [0.15, 0.2) is 73.1 Å². The van der Waals surface area contributed by atoms with Crippen molar-refractivity contribution >= 4 is 11.6 Å². The molecule has 1 atom stereocenters. The maximum absolute atomic E-state index is 12.7. The zero-order valence-corrected chi connectivity index (χ0v) is 14.9. The van der Waals surface area contributed by atoms with Crippen LogP contribution in [0.25, 0.3) is 0 Å². The molecule has 1 N–H and O–H groups in total. The summed E-state index contributed by atoms with van der Waals surface area (Å²) in [6.45, 7) is 0. The molecule has 0 fully saturated rings. The molecule has 134 valence electrons. The summed E-state index contributed by atoms with van der Waals surface area (Å²) in [7, 11) is 3.23. The molecular weight excluding hydrogens is 328 g/mol. The van der Waals surface area contributed by atoms with Crippen LogP contribution >= 0.6 is 0 Å². The number of nitrogens with zero attached hydrogens (tertiary/aromatic N) is 1. The second-order valence-corrected chi connectivity index (χ2v) is 5.87. The predicted octanol–water partition coefficient (Wildman–Crippen LogP) is 4.12. The Labute approximate surface area is 153 Å². The molecule has 26 heavy (non-hydrogen) atoms. The van der Waals surface area contributed by atoms with Gasteiger partial charge in [0.1, 0.15) is 11.5 Å². The first kappa shape index (κ1) is 17.6. The highest BCUT2D eigenvalue weighted by Gasteiger charge is 2.18. The standard InChI is InChI=1S/C21H22N2O3/c1-25-17-11-9-16(10-12-17)19(23-13-5-6-14-23)15-21(24)22-18-7-3-4-8-20(18)26-2/h3-14,19H,15H2,1-2H3,(H,22,24)/t19-/m0/s1. The Hall–Kier alpha value is -3.21. The van der Waals surface area contributed by atoms with Crippen LogP contribution in [0.3, 0.4) is 0 Å². The minimum absolute atomic E-state index is 0.0796. The van der Waals surface area contributed by atoms with Crippen LogP contribution in [0.2, 0.25) is 0 Å². The largest absolute Gasteiger partial charge is 0.497 e. The predicted molar refractivity (Wildman–Crippen MR) is 102 cm³/mol. The van der Waals surface area contributed by atoms with Gasteiger partial charge in [-0.15, -0.1) is 0 Å². The number of rotatable bonds is 7. The lowest BCUT2D eigenvalue weighted by molar-refractivity contribution is -0.116. The molecule has 5 heteroatoms. The quantitative estimate of drug-likeness (QED) is 0.697. The van der Waals surface area contributed by atoms with E-state index in [-0.39, 0.29) is 11.9 Å². The Morgan fingerprint density at radius 2 is 1.65 bits per heavy atom. The fourth-order valence-electron chi connectivity index (χ4n) is 2.90. The summed E-state index contributed by atoms with van der Waals surface area (Å²) in [6, 6.07) is 19.0. The van der Waals surface area contributed by atoms with Crippen molar-refractivity contribution in [1.29, 1.82) is 0 Å². The average molecular weight is 350 g/mol. The van der Waals surface area contributed by atoms with Crippen molar-refractivity contribution in [1.82, 2.24) is 4.57 Å². The Kier molecular flexibility index (Phi) is 5.59. The molecule has 0 radical (unpaired) electrons. The van der Waals surface area contributed by atoms with E-state index in [9.17, 15) is 4.79 Å². The number of para-hydroxylation sites is 2. The van der Waals surface area contributed by atoms with Gasteiger partial charge in [-0.1, -0.05) is 24.3 Å². The third kappa shape index (κ3) is 4.06. The van der Waals surface area contributed by atoms with Crippen molar-refractivity contribution in [2.75, 3.05) is 19.5 Å². The Morgan fingerprint density at radius 1 is 0.962 bits per heavy atom. The molecule has 0 aliphatic rings. The number of ether oxygens (including phenoxy) is 2. The van der Waals surface area contributed by atoms with Crippen molar-refractivity contribution < 1.29 is 14.3 Å². The van der Waals surface area contributed by atoms with E-state index < -0.39 is 0 Å². The molecule has 0 bridgehead atoms. The van der Waals surface area contributed by atoms with Crippen LogP contribution < -0.4 is 14.8 Å². The summed E-state index contributed by atoms with van der Waals surface area (Å²) in [4.78, 5) is 12.7. The van der Waals surface area contributed by atoms with Crippen LogP contribution in [0, 0.1) is 0 Å². The van der Waals surface area contributed by atoms with E-state index in [0.717, 1.165) is 11.3 Å². The third-order valence-corrected chi connectivity index (χ3v) is 4.25. The molecule has 1 amide bonds. The van der Waals surface area contributed by atoms with Crippen molar-refractivity contribution in [3.63, 3.8) is 0 Å². The van der Waals surface area contributed by atoms with Gasteiger partial charge in [0.25, 0.3) is 0 Å². The van der Waals surface area contributed by atoms with Gasteiger partial charge in [0.05, 0.1) is 32.4 Å². The number of anilines is 1. The van der Waals surface area contributed by atoms with Gasteiger partial charge >= 0.3 is 0 Å². The number of carbonyl (C=O) groups is 1. The van der Waals surface area contributed by atoms with Crippen LogP contribution in [-0.4, -0.2) is 24.7 Å². The maximum Gasteiger partial charge on any atom is 0.226 e. The van der Waals surface area contributed by atoms with E-state index in [4.69, 9.17) is 9.47 Å². The van der Waals surface area contributed by atoms with E-state index in [1.165, 1.54) is 0 Å². The molecule has 3 rings (SSSR count). The number of aromatic nitrogens is 1. The first-order chi connectivity index (χ1) is 12.7. The molecule has 0 saturated heterocycles. The number of hydrogen-bond donors (Lipinski definition) is 1. The third-order valence-electron chi connectivity index (χ3n) is 4.25. The van der Waals surface area contributed by atoms with Crippen molar-refractivity contribution in [2.45, 2.75) is 12.5 Å². The van der Waals surface area contributed by atoms with Crippen LogP contribution in [0.4, 0.5) is 5.69 Å². The first-order valence-corrected chi connectivity index (χ1v) is 8.40. The van der Waals surface area contributed by atoms with Gasteiger partial charge in [0.15, 0.2) is 0 Å². The topological polar surface area (TPSA) is 52.5 Å². The molecule has 2 aromatic carbocycles. The smallest absolute Gasteiger partial charge is 0.226 e. The van der Waals surface area contributed by atoms with Crippen molar-refractivity contribution in [3.05, 3.63) is 78.6 Å². The summed E-state index contributed by atoms with van der Waals surface area (Å²) in [5.74, 6) is 1.35. The van der Waals surface area contributed by atoms with Gasteiger partial charge in [0, 0.05) is 12.4 Å². The SMILES string of the molecule is COc1ccc([C@H](CC(=O)Nc2ccccc2OC)n2cccc2)cc1. The van der Waals surface area contributed by atoms with Gasteiger partial charge in [0.2, 0.25) is 5.91 Å². The lowest BCUT2D eigenvalue weighted by Gasteiger charge is -2.20. The van der Waals surface area contributed by atoms with Crippen molar-refractivity contribution in [3.8, 4) is 11.5 Å². The van der Waals surface area contributed by atoms with E-state index in [1.54, 1.807) is 14.2 Å². The van der Waals surface area contributed by atoms with E-state index in [0.29, 0.717) is 17.9 Å². The fraction of sp³-hybridized carbons (Fsp3) is 0.190. The highest BCUT2D eigenvalue weighted by atomic mass is 16.5. The molecule has 5 nitrogen and oxygen atoms in total. The Morgan fingerprint density at radius 3 is 2.31 bits per heavy atom. The molecule has 0 unspecified atom stereocenters. The van der Waals surface area contributed by atoms with Gasteiger partial charge in [-0.2, -0.15) is 0 Å². The Bertz CT molecular complexity index is 842. The van der Waals surface area contributed by atoms with Crippen LogP contribution in [-0.2, 0) is 4.79 Å². The summed E-state index contributed by atoms with van der Waals surface area (Å²) >= 11 is 0. The van der Waals surface area contributed by atoms with Gasteiger partial charge in [-0.25, -0.2) is 0 Å². The fourth-order valence-corrected chi connectivity index (χ4v) is 2.90. The zero-order valence-electron chi connectivity index (χ0n) is 14.9. The maximum atomic E-state index is 12.7. The highest BCUT2D eigenvalue weighted by molar-refractivity contribution is 5.92. The zero-order chi connectivity index (χ0) is 18.4. The van der Waals surface area contributed by atoms with Crippen LogP contribution in [0.1, 0.15) is 18.0 Å². The number of amides is 1. The lowest BCUT2D eigenvalue weighted by Crippen LogP contribution is -2.20. The molecule has 0 aliphatic carbocycles. The first-order valence-electron chi connectivity index (χ1n) is 8.40. The van der Waals surface area contributed by atoms with E-state index in [1.807, 2.05) is 77.6 Å². The number of nitrogens with one attached hydrogen (secondary N) is 1. The lowest BCUT2D eigenvalue weighted by atomic mass is 10.0. The number of methoxy groups -OCH3 is 2. The highest BCUT2D eigenvalue weighted by Crippen LogP contribution is 2.27. The molecule has 1 heterocycles. The van der Waals surface area contributed by atoms with E-state index >= 15 is 0 Å². The van der Waals surface area contributed by atoms with Crippen molar-refractivity contribution in [2.24, 2.45) is 0 Å². The normalized spacial score (nSPS) is 11.6. The van der Waals surface area contributed by atoms with Gasteiger partial charge in [-0.05, 0) is 42.0 Å². The molecular formula is C21H22N2O3. The second-order valence-electron chi connectivity index (χ2n) is 5.87. The number of benzene rings is 2. The summed E-state index contributed by atoms with van der Waals surface area (Å²) in [5.41, 5.74) is 1.71. The molecule has 0 saturated carbocycles. The minimum atomic E-state index is -0.106. The van der Waals surface area contributed by atoms with Crippen LogP contribution in [0.5, 0.6) is 11.5 Å². The summed E-state index contributed by atoms with van der Waals surface area (Å²) in [6.07, 6.45) is 4.23. The molecule has 0 aliphatic heterocycles. The molecule has 0 spiro atoms. The Balaban J connectivity index is 1.80. The van der Waals surface area contributed by atoms with Gasteiger partial charge in [-0.3, -0.25) is 4.79 Å². The number of carbonyl (C=O) groups excluding carboxylic acids is 1. The minimum Gasteiger partial charge on any atom is -0.497 e. The average Bonchev–Trinajstić information content (AvgIpc) is 3.21. The van der Waals surface area contributed by atoms with E-state index in [2.05, 4.69) is 5.32 Å².